The second-order valence-corrected chi connectivity index (χ2v) is 7.29. The van der Waals surface area contributed by atoms with E-state index in [1.807, 2.05) is 54.6 Å². The van der Waals surface area contributed by atoms with Crippen molar-refractivity contribution < 1.29 is 19.1 Å². The van der Waals surface area contributed by atoms with Crippen LogP contribution in [0.5, 0.6) is 11.5 Å². The number of rotatable bonds is 7. The number of methoxy groups -OCH3 is 2. The van der Waals surface area contributed by atoms with E-state index in [-0.39, 0.29) is 18.2 Å². The molecule has 0 fully saturated rings. The number of nitrogens with two attached hydrogens (primary N) is 1. The van der Waals surface area contributed by atoms with Gasteiger partial charge in [-0.05, 0) is 29.3 Å². The summed E-state index contributed by atoms with van der Waals surface area (Å²) in [4.78, 5) is 24.2. The standard InChI is InChI=1S/C25H23N3O4/c1-31-20-13-18-19(14-21(20)32-2)28-25(30)23(18)24(16-6-4-3-5-7-16)27-17-10-8-15(9-11-17)12-22(26)29/h3-11,13-14,27H,12H2,1-2H3,(H2,26,29)(H,28,30). The van der Waals surface area contributed by atoms with E-state index >= 15 is 0 Å². The van der Waals surface area contributed by atoms with Gasteiger partial charge in [-0.2, -0.15) is 0 Å². The van der Waals surface area contributed by atoms with Gasteiger partial charge in [0, 0.05) is 17.3 Å². The van der Waals surface area contributed by atoms with E-state index in [9.17, 15) is 9.59 Å². The van der Waals surface area contributed by atoms with Gasteiger partial charge in [-0.3, -0.25) is 9.59 Å². The van der Waals surface area contributed by atoms with Crippen molar-refractivity contribution >= 4 is 34.5 Å². The van der Waals surface area contributed by atoms with Gasteiger partial charge in [-0.15, -0.1) is 0 Å². The number of nitrogens with one attached hydrogen (secondary N) is 2. The van der Waals surface area contributed by atoms with Crippen LogP contribution >= 0.6 is 0 Å². The van der Waals surface area contributed by atoms with Gasteiger partial charge in [0.2, 0.25) is 5.91 Å². The molecule has 4 N–H and O–H groups in total. The van der Waals surface area contributed by atoms with Gasteiger partial charge in [-0.25, -0.2) is 0 Å². The Kier molecular flexibility index (Phi) is 5.81. The summed E-state index contributed by atoms with van der Waals surface area (Å²) in [5.41, 5.74) is 10.2. The average Bonchev–Trinajstić information content (AvgIpc) is 3.12. The smallest absolute Gasteiger partial charge is 0.258 e. The predicted octanol–water partition coefficient (Wildman–Crippen LogP) is 3.66. The minimum Gasteiger partial charge on any atom is -0.493 e. The molecule has 0 unspecified atom stereocenters. The number of ether oxygens (including phenoxy) is 2. The van der Waals surface area contributed by atoms with Gasteiger partial charge < -0.3 is 25.8 Å². The molecule has 0 saturated heterocycles. The SMILES string of the molecule is COc1cc2c(cc1OC)C(=C(Nc1ccc(CC(N)=O)cc1)c1ccccc1)C(=O)N2. The van der Waals surface area contributed by atoms with Gasteiger partial charge in [0.1, 0.15) is 0 Å². The van der Waals surface area contributed by atoms with Gasteiger partial charge in [-0.1, -0.05) is 42.5 Å². The number of hydrogen-bond acceptors (Lipinski definition) is 5. The summed E-state index contributed by atoms with van der Waals surface area (Å²) in [5.74, 6) is 0.448. The highest BCUT2D eigenvalue weighted by Crippen LogP contribution is 2.43. The molecule has 7 heteroatoms. The maximum Gasteiger partial charge on any atom is 0.258 e. The Morgan fingerprint density at radius 2 is 1.62 bits per heavy atom. The van der Waals surface area contributed by atoms with Gasteiger partial charge >= 0.3 is 0 Å². The molecule has 4 rings (SSSR count). The van der Waals surface area contributed by atoms with Crippen LogP contribution in [0.25, 0.3) is 11.3 Å². The lowest BCUT2D eigenvalue weighted by atomic mass is 9.99. The number of carbonyl (C=O) groups excluding carboxylic acids is 2. The van der Waals surface area contributed by atoms with E-state index < -0.39 is 0 Å². The topological polar surface area (TPSA) is 103 Å². The van der Waals surface area contributed by atoms with E-state index in [0.717, 1.165) is 16.8 Å². The van der Waals surface area contributed by atoms with Crippen LogP contribution in [0.2, 0.25) is 0 Å². The summed E-state index contributed by atoms with van der Waals surface area (Å²) in [6.45, 7) is 0. The zero-order valence-electron chi connectivity index (χ0n) is 17.8. The highest BCUT2D eigenvalue weighted by Gasteiger charge is 2.30. The van der Waals surface area contributed by atoms with Crippen LogP contribution in [0.15, 0.2) is 66.7 Å². The largest absolute Gasteiger partial charge is 0.493 e. The Morgan fingerprint density at radius 3 is 2.25 bits per heavy atom. The molecule has 2 amide bonds. The van der Waals surface area contributed by atoms with Crippen molar-refractivity contribution in [3.8, 4) is 11.5 Å². The van der Waals surface area contributed by atoms with Gasteiger partial charge in [0.25, 0.3) is 5.91 Å². The summed E-state index contributed by atoms with van der Waals surface area (Å²) in [5, 5.41) is 6.30. The van der Waals surface area contributed by atoms with Gasteiger partial charge in [0.05, 0.1) is 37.6 Å². The first-order valence-corrected chi connectivity index (χ1v) is 10.0. The maximum atomic E-state index is 13.1. The number of carbonyl (C=O) groups is 2. The fraction of sp³-hybridized carbons (Fsp3) is 0.120. The first kappa shape index (κ1) is 21.0. The second kappa shape index (κ2) is 8.85. The maximum absolute atomic E-state index is 13.1. The predicted molar refractivity (Wildman–Crippen MR) is 124 cm³/mol. The van der Waals surface area contributed by atoms with Crippen LogP contribution < -0.4 is 25.8 Å². The molecule has 1 heterocycles. The third-order valence-corrected chi connectivity index (χ3v) is 5.18. The van der Waals surface area contributed by atoms with Crippen molar-refractivity contribution in [2.24, 2.45) is 5.73 Å². The lowest BCUT2D eigenvalue weighted by Crippen LogP contribution is -2.13. The lowest BCUT2D eigenvalue weighted by molar-refractivity contribution is -0.117. The molecule has 0 atom stereocenters. The Labute approximate surface area is 185 Å². The van der Waals surface area contributed by atoms with Crippen LogP contribution in [-0.2, 0) is 16.0 Å². The number of benzene rings is 3. The molecule has 162 valence electrons. The van der Waals surface area contributed by atoms with E-state index in [0.29, 0.717) is 34.0 Å². The fourth-order valence-corrected chi connectivity index (χ4v) is 3.68. The molecule has 1 aliphatic rings. The van der Waals surface area contributed by atoms with Crippen LogP contribution in [0.1, 0.15) is 16.7 Å². The van der Waals surface area contributed by atoms with Crippen molar-refractivity contribution in [1.29, 1.82) is 0 Å². The molecule has 0 bridgehead atoms. The number of hydrogen-bond donors (Lipinski definition) is 3. The molecular weight excluding hydrogens is 406 g/mol. The molecule has 3 aromatic rings. The highest BCUT2D eigenvalue weighted by molar-refractivity contribution is 6.37. The lowest BCUT2D eigenvalue weighted by Gasteiger charge is -2.16. The van der Waals surface area contributed by atoms with E-state index in [1.165, 1.54) is 0 Å². The minimum atomic E-state index is -0.388. The van der Waals surface area contributed by atoms with Crippen molar-refractivity contribution in [2.45, 2.75) is 6.42 Å². The first-order valence-electron chi connectivity index (χ1n) is 10.0. The summed E-state index contributed by atoms with van der Waals surface area (Å²) < 4.78 is 10.8. The average molecular weight is 429 g/mol. The molecule has 3 aromatic carbocycles. The molecular formula is C25H23N3O4. The zero-order valence-corrected chi connectivity index (χ0v) is 17.8. The van der Waals surface area contributed by atoms with Crippen LogP contribution in [0.3, 0.4) is 0 Å². The highest BCUT2D eigenvalue weighted by atomic mass is 16.5. The summed E-state index contributed by atoms with van der Waals surface area (Å²) in [7, 11) is 3.11. The molecule has 1 aliphatic heterocycles. The summed E-state index contributed by atoms with van der Waals surface area (Å²) in [6, 6.07) is 20.5. The molecule has 7 nitrogen and oxygen atoms in total. The van der Waals surface area contributed by atoms with Crippen LogP contribution in [0.4, 0.5) is 11.4 Å². The quantitative estimate of drug-likeness (QED) is 0.498. The second-order valence-electron chi connectivity index (χ2n) is 7.29. The zero-order chi connectivity index (χ0) is 22.7. The molecule has 0 spiro atoms. The molecule has 0 saturated carbocycles. The van der Waals surface area contributed by atoms with E-state index in [2.05, 4.69) is 10.6 Å². The summed E-state index contributed by atoms with van der Waals surface area (Å²) in [6.07, 6.45) is 0.171. The molecule has 32 heavy (non-hydrogen) atoms. The van der Waals surface area contributed by atoms with E-state index in [4.69, 9.17) is 15.2 Å². The third kappa shape index (κ3) is 4.13. The van der Waals surface area contributed by atoms with Crippen molar-refractivity contribution in [2.75, 3.05) is 24.9 Å². The molecule has 0 aromatic heterocycles. The molecule has 0 aliphatic carbocycles. The Hall–Kier alpha value is -4.26. The van der Waals surface area contributed by atoms with Crippen molar-refractivity contribution in [3.05, 3.63) is 83.4 Å². The minimum absolute atomic E-state index is 0.171. The van der Waals surface area contributed by atoms with E-state index in [1.54, 1.807) is 26.4 Å². The number of fused-ring (bicyclic) bond motifs is 1. The van der Waals surface area contributed by atoms with Crippen molar-refractivity contribution in [1.82, 2.24) is 0 Å². The Balaban J connectivity index is 1.83. The van der Waals surface area contributed by atoms with Gasteiger partial charge in [0.15, 0.2) is 11.5 Å². The number of anilines is 2. The van der Waals surface area contributed by atoms with Crippen molar-refractivity contribution in [3.63, 3.8) is 0 Å². The fourth-order valence-electron chi connectivity index (χ4n) is 3.68. The van der Waals surface area contributed by atoms with Crippen LogP contribution in [0, 0.1) is 0 Å². The summed E-state index contributed by atoms with van der Waals surface area (Å²) >= 11 is 0. The molecule has 0 radical (unpaired) electrons. The Morgan fingerprint density at radius 1 is 0.969 bits per heavy atom. The van der Waals surface area contributed by atoms with Crippen LogP contribution in [-0.4, -0.2) is 26.0 Å². The third-order valence-electron chi connectivity index (χ3n) is 5.18. The normalized spacial score (nSPS) is 13.8. The monoisotopic (exact) mass is 429 g/mol. The number of primary amides is 1. The number of amides is 2. The Bertz CT molecular complexity index is 1200. The first-order chi connectivity index (χ1) is 15.5.